The van der Waals surface area contributed by atoms with Gasteiger partial charge in [0.15, 0.2) is 6.79 Å². The van der Waals surface area contributed by atoms with Crippen LogP contribution in [0.5, 0.6) is 5.75 Å². The summed E-state index contributed by atoms with van der Waals surface area (Å²) in [6.07, 6.45) is 2.95. The second kappa shape index (κ2) is 5.82. The Hall–Kier alpha value is -1.81. The first-order valence-electron chi connectivity index (χ1n) is 4.41. The van der Waals surface area contributed by atoms with Crippen molar-refractivity contribution in [1.82, 2.24) is 0 Å². The molecule has 0 aliphatic rings. The van der Waals surface area contributed by atoms with Crippen LogP contribution in [-0.2, 0) is 9.53 Å². The van der Waals surface area contributed by atoms with Gasteiger partial charge in [-0.05, 0) is 23.8 Å². The van der Waals surface area contributed by atoms with Gasteiger partial charge in [0.25, 0.3) is 0 Å². The third kappa shape index (κ3) is 4.28. The topological polar surface area (TPSA) is 61.6 Å². The third-order valence-corrected chi connectivity index (χ3v) is 1.66. The number of carbonyl (C=O) groups is 1. The highest BCUT2D eigenvalue weighted by Gasteiger charge is 1.92. The zero-order chi connectivity index (χ0) is 11.1. The van der Waals surface area contributed by atoms with Crippen molar-refractivity contribution in [2.45, 2.75) is 0 Å². The predicted octanol–water partition coefficient (Wildman–Crippen LogP) is 1.17. The van der Waals surface area contributed by atoms with Crippen molar-refractivity contribution < 1.29 is 14.3 Å². The molecule has 1 aromatic rings. The first-order chi connectivity index (χ1) is 7.22. The summed E-state index contributed by atoms with van der Waals surface area (Å²) >= 11 is 0. The van der Waals surface area contributed by atoms with Gasteiger partial charge in [-0.25, -0.2) is 0 Å². The van der Waals surface area contributed by atoms with Crippen LogP contribution in [0.1, 0.15) is 5.56 Å². The molecule has 1 amide bonds. The van der Waals surface area contributed by atoms with Crippen molar-refractivity contribution in [3.05, 3.63) is 35.9 Å². The van der Waals surface area contributed by atoms with E-state index in [2.05, 4.69) is 0 Å². The van der Waals surface area contributed by atoms with Gasteiger partial charge in [-0.3, -0.25) is 4.79 Å². The molecule has 0 unspecified atom stereocenters. The average molecular weight is 207 g/mol. The van der Waals surface area contributed by atoms with Crippen molar-refractivity contribution in [2.24, 2.45) is 5.73 Å². The normalized spacial score (nSPS) is 10.5. The van der Waals surface area contributed by atoms with Crippen molar-refractivity contribution in [2.75, 3.05) is 13.9 Å². The zero-order valence-electron chi connectivity index (χ0n) is 8.47. The van der Waals surface area contributed by atoms with E-state index < -0.39 is 5.91 Å². The maximum absolute atomic E-state index is 10.5. The number of amides is 1. The van der Waals surface area contributed by atoms with Crippen molar-refractivity contribution >= 4 is 12.0 Å². The van der Waals surface area contributed by atoms with Crippen LogP contribution in [0.2, 0.25) is 0 Å². The lowest BCUT2D eigenvalue weighted by molar-refractivity contribution is -0.113. The molecular formula is C11H13NO3. The van der Waals surface area contributed by atoms with Crippen LogP contribution in [0.3, 0.4) is 0 Å². The molecule has 0 spiro atoms. The fourth-order valence-electron chi connectivity index (χ4n) is 0.980. The molecule has 0 heterocycles. The molecule has 4 heteroatoms. The number of ether oxygens (including phenoxy) is 2. The Balaban J connectivity index is 2.60. The molecule has 0 fully saturated rings. The highest BCUT2D eigenvalue weighted by molar-refractivity contribution is 5.90. The number of hydrogen-bond acceptors (Lipinski definition) is 3. The van der Waals surface area contributed by atoms with Crippen LogP contribution in [0.15, 0.2) is 30.3 Å². The molecule has 2 N–H and O–H groups in total. The standard InChI is InChI=1S/C11H13NO3/c1-14-8-15-10-5-2-9(3-6-10)4-7-11(12)13/h2-7H,8H2,1H3,(H2,12,13)/b7-4+. The molecule has 0 radical (unpaired) electrons. The quantitative estimate of drug-likeness (QED) is 0.582. The van der Waals surface area contributed by atoms with Gasteiger partial charge in [-0.15, -0.1) is 0 Å². The molecule has 15 heavy (non-hydrogen) atoms. The van der Waals surface area contributed by atoms with Crippen LogP contribution in [0.25, 0.3) is 6.08 Å². The second-order valence-corrected chi connectivity index (χ2v) is 2.86. The molecule has 4 nitrogen and oxygen atoms in total. The predicted molar refractivity (Wildman–Crippen MR) is 57.2 cm³/mol. The fourth-order valence-corrected chi connectivity index (χ4v) is 0.980. The highest BCUT2D eigenvalue weighted by Crippen LogP contribution is 2.12. The fraction of sp³-hybridized carbons (Fsp3) is 0.182. The Bertz CT molecular complexity index is 343. The van der Waals surface area contributed by atoms with Crippen LogP contribution in [0, 0.1) is 0 Å². The van der Waals surface area contributed by atoms with Crippen molar-refractivity contribution in [3.63, 3.8) is 0 Å². The maximum atomic E-state index is 10.5. The Morgan fingerprint density at radius 1 is 1.40 bits per heavy atom. The lowest BCUT2D eigenvalue weighted by Crippen LogP contribution is -2.05. The molecule has 1 rings (SSSR count). The zero-order valence-corrected chi connectivity index (χ0v) is 8.47. The number of rotatable bonds is 5. The third-order valence-electron chi connectivity index (χ3n) is 1.66. The van der Waals surface area contributed by atoms with Crippen LogP contribution in [-0.4, -0.2) is 19.8 Å². The summed E-state index contributed by atoms with van der Waals surface area (Å²) in [5, 5.41) is 0. The van der Waals surface area contributed by atoms with E-state index >= 15 is 0 Å². The summed E-state index contributed by atoms with van der Waals surface area (Å²) in [4.78, 5) is 10.5. The average Bonchev–Trinajstić information content (AvgIpc) is 2.25. The van der Waals surface area contributed by atoms with E-state index in [4.69, 9.17) is 15.2 Å². The second-order valence-electron chi connectivity index (χ2n) is 2.86. The van der Waals surface area contributed by atoms with Gasteiger partial charge in [-0.1, -0.05) is 12.1 Å². The first kappa shape index (κ1) is 11.3. The van der Waals surface area contributed by atoms with Gasteiger partial charge in [0, 0.05) is 13.2 Å². The minimum Gasteiger partial charge on any atom is -0.468 e. The summed E-state index contributed by atoms with van der Waals surface area (Å²) in [5.74, 6) is 0.253. The van der Waals surface area contributed by atoms with Gasteiger partial charge in [0.2, 0.25) is 5.91 Å². The summed E-state index contributed by atoms with van der Waals surface area (Å²) in [6.45, 7) is 0.219. The molecule has 1 aromatic carbocycles. The van der Waals surface area contributed by atoms with E-state index in [0.29, 0.717) is 5.75 Å². The van der Waals surface area contributed by atoms with Gasteiger partial charge >= 0.3 is 0 Å². The van der Waals surface area contributed by atoms with Gasteiger partial charge in [-0.2, -0.15) is 0 Å². The number of benzene rings is 1. The van der Waals surface area contributed by atoms with Crippen LogP contribution < -0.4 is 10.5 Å². The van der Waals surface area contributed by atoms with E-state index in [9.17, 15) is 4.79 Å². The molecule has 0 saturated carbocycles. The lowest BCUT2D eigenvalue weighted by Gasteiger charge is -2.03. The number of methoxy groups -OCH3 is 1. The lowest BCUT2D eigenvalue weighted by atomic mass is 10.2. The molecule has 0 saturated heterocycles. The van der Waals surface area contributed by atoms with Gasteiger partial charge in [0.1, 0.15) is 5.75 Å². The van der Waals surface area contributed by atoms with E-state index in [-0.39, 0.29) is 6.79 Å². The van der Waals surface area contributed by atoms with E-state index in [0.717, 1.165) is 5.56 Å². The Kier molecular flexibility index (Phi) is 4.37. The molecule has 0 aliphatic heterocycles. The molecule has 0 aliphatic carbocycles. The summed E-state index contributed by atoms with van der Waals surface area (Å²) in [7, 11) is 1.56. The minimum atomic E-state index is -0.463. The summed E-state index contributed by atoms with van der Waals surface area (Å²) in [5.41, 5.74) is 5.86. The largest absolute Gasteiger partial charge is 0.468 e. The number of nitrogens with two attached hydrogens (primary N) is 1. The number of primary amides is 1. The molecule has 80 valence electrons. The Labute approximate surface area is 88.3 Å². The molecule has 0 aromatic heterocycles. The molecule has 0 atom stereocenters. The summed E-state index contributed by atoms with van der Waals surface area (Å²) < 4.78 is 9.96. The van der Waals surface area contributed by atoms with Crippen LogP contribution in [0.4, 0.5) is 0 Å². The summed E-state index contributed by atoms with van der Waals surface area (Å²) in [6, 6.07) is 7.23. The Morgan fingerprint density at radius 3 is 2.60 bits per heavy atom. The number of hydrogen-bond donors (Lipinski definition) is 1. The SMILES string of the molecule is COCOc1ccc(/C=C/C(N)=O)cc1. The molecule has 0 bridgehead atoms. The van der Waals surface area contributed by atoms with Crippen molar-refractivity contribution in [1.29, 1.82) is 0 Å². The van der Waals surface area contributed by atoms with Crippen molar-refractivity contribution in [3.8, 4) is 5.75 Å². The minimum absolute atomic E-state index is 0.219. The Morgan fingerprint density at radius 2 is 2.07 bits per heavy atom. The van der Waals surface area contributed by atoms with E-state index in [1.54, 1.807) is 25.3 Å². The first-order valence-corrected chi connectivity index (χ1v) is 4.41. The van der Waals surface area contributed by atoms with E-state index in [1.807, 2.05) is 12.1 Å². The van der Waals surface area contributed by atoms with Gasteiger partial charge in [0.05, 0.1) is 0 Å². The van der Waals surface area contributed by atoms with E-state index in [1.165, 1.54) is 6.08 Å². The monoisotopic (exact) mass is 207 g/mol. The number of carbonyl (C=O) groups excluding carboxylic acids is 1. The van der Waals surface area contributed by atoms with Crippen LogP contribution >= 0.6 is 0 Å². The van der Waals surface area contributed by atoms with Gasteiger partial charge < -0.3 is 15.2 Å². The highest BCUT2D eigenvalue weighted by atomic mass is 16.7. The molecular weight excluding hydrogens is 194 g/mol. The smallest absolute Gasteiger partial charge is 0.241 e. The maximum Gasteiger partial charge on any atom is 0.241 e.